The van der Waals surface area contributed by atoms with Crippen molar-refractivity contribution in [2.24, 2.45) is 0 Å². The molecule has 0 bridgehead atoms. The minimum absolute atomic E-state index is 0.719. The lowest BCUT2D eigenvalue weighted by atomic mass is 10.3. The van der Waals surface area contributed by atoms with Gasteiger partial charge in [-0.3, -0.25) is 9.67 Å². The van der Waals surface area contributed by atoms with Crippen LogP contribution in [0, 0.1) is 11.7 Å². The molecule has 0 saturated heterocycles. The van der Waals surface area contributed by atoms with E-state index in [0.29, 0.717) is 0 Å². The lowest BCUT2D eigenvalue weighted by molar-refractivity contribution is 0.703. The van der Waals surface area contributed by atoms with Crippen molar-refractivity contribution in [2.75, 3.05) is 0 Å². The number of aryl methyl sites for hydroxylation is 2. The highest BCUT2D eigenvalue weighted by atomic mass is 32.1. The number of nitrogens with one attached hydrogen (secondary N) is 1. The average Bonchev–Trinajstić information content (AvgIpc) is 2.80. The van der Waals surface area contributed by atoms with Gasteiger partial charge in [0, 0.05) is 11.3 Å². The van der Waals surface area contributed by atoms with Crippen LogP contribution in [0.4, 0.5) is 0 Å². The number of thiophene rings is 1. The molecule has 0 aliphatic carbocycles. The molecule has 0 radical (unpaired) electrons. The Kier molecular flexibility index (Phi) is 3.56. The third-order valence-electron chi connectivity index (χ3n) is 2.58. The molecule has 0 fully saturated rings. The standard InChI is InChI=1S/C11H15N3S2/c1-3-4-10-12-13-11(15)14(10)7-9-8(2)5-6-16-9/h5-6H,3-4,7H2,1-2H3,(H,13,15). The van der Waals surface area contributed by atoms with Gasteiger partial charge in [0.1, 0.15) is 5.82 Å². The van der Waals surface area contributed by atoms with Crippen LogP contribution in [0.5, 0.6) is 0 Å². The summed E-state index contributed by atoms with van der Waals surface area (Å²) in [6.45, 7) is 5.13. The maximum Gasteiger partial charge on any atom is 0.195 e. The van der Waals surface area contributed by atoms with Crippen LogP contribution in [-0.4, -0.2) is 14.8 Å². The molecule has 2 aromatic heterocycles. The second-order valence-electron chi connectivity index (χ2n) is 3.81. The Balaban J connectivity index is 2.30. The zero-order valence-corrected chi connectivity index (χ0v) is 11.1. The first-order chi connectivity index (χ1) is 7.72. The van der Waals surface area contributed by atoms with Gasteiger partial charge in [0.15, 0.2) is 4.77 Å². The number of aromatic amines is 1. The third kappa shape index (κ3) is 2.25. The van der Waals surface area contributed by atoms with E-state index in [2.05, 4.69) is 40.1 Å². The number of aromatic nitrogens is 3. The summed E-state index contributed by atoms with van der Waals surface area (Å²) < 4.78 is 2.81. The highest BCUT2D eigenvalue weighted by Gasteiger charge is 2.07. The molecule has 1 N–H and O–H groups in total. The van der Waals surface area contributed by atoms with E-state index in [4.69, 9.17) is 12.2 Å². The van der Waals surface area contributed by atoms with Gasteiger partial charge in [-0.25, -0.2) is 0 Å². The van der Waals surface area contributed by atoms with E-state index < -0.39 is 0 Å². The fourth-order valence-electron chi connectivity index (χ4n) is 1.64. The molecule has 0 aliphatic heterocycles. The monoisotopic (exact) mass is 253 g/mol. The van der Waals surface area contributed by atoms with Gasteiger partial charge < -0.3 is 0 Å². The summed E-state index contributed by atoms with van der Waals surface area (Å²) in [6.07, 6.45) is 2.06. The second kappa shape index (κ2) is 4.93. The molecule has 0 spiro atoms. The van der Waals surface area contributed by atoms with Crippen LogP contribution < -0.4 is 0 Å². The number of rotatable bonds is 4. The van der Waals surface area contributed by atoms with Crippen LogP contribution in [-0.2, 0) is 13.0 Å². The Hall–Kier alpha value is -0.940. The van der Waals surface area contributed by atoms with Gasteiger partial charge in [0.05, 0.1) is 6.54 Å². The molecule has 0 aliphatic rings. The Morgan fingerprint density at radius 2 is 2.38 bits per heavy atom. The predicted octanol–water partition coefficient (Wildman–Crippen LogP) is 3.31. The molecule has 2 aromatic rings. The maximum atomic E-state index is 5.25. The lowest BCUT2D eigenvalue weighted by Gasteiger charge is -2.05. The number of H-pyrrole nitrogens is 1. The van der Waals surface area contributed by atoms with Gasteiger partial charge in [-0.2, -0.15) is 5.10 Å². The Morgan fingerprint density at radius 3 is 3.00 bits per heavy atom. The summed E-state index contributed by atoms with van der Waals surface area (Å²) in [5.41, 5.74) is 1.33. The van der Waals surface area contributed by atoms with E-state index in [1.54, 1.807) is 11.3 Å². The molecule has 0 aromatic carbocycles. The van der Waals surface area contributed by atoms with E-state index in [9.17, 15) is 0 Å². The number of hydrogen-bond donors (Lipinski definition) is 1. The van der Waals surface area contributed by atoms with Crippen molar-refractivity contribution in [3.8, 4) is 0 Å². The van der Waals surface area contributed by atoms with Crippen molar-refractivity contribution in [3.63, 3.8) is 0 Å². The summed E-state index contributed by atoms with van der Waals surface area (Å²) in [5.74, 6) is 1.06. The number of hydrogen-bond acceptors (Lipinski definition) is 3. The van der Waals surface area contributed by atoms with E-state index >= 15 is 0 Å². The fourth-order valence-corrected chi connectivity index (χ4v) is 2.75. The first-order valence-electron chi connectivity index (χ1n) is 5.39. The zero-order chi connectivity index (χ0) is 11.5. The average molecular weight is 253 g/mol. The van der Waals surface area contributed by atoms with Gasteiger partial charge in [0.25, 0.3) is 0 Å². The summed E-state index contributed by atoms with van der Waals surface area (Å²) in [6, 6.07) is 2.14. The molecule has 16 heavy (non-hydrogen) atoms. The van der Waals surface area contributed by atoms with Crippen molar-refractivity contribution in [2.45, 2.75) is 33.2 Å². The quantitative estimate of drug-likeness (QED) is 0.848. The summed E-state index contributed by atoms with van der Waals surface area (Å²) >= 11 is 7.03. The van der Waals surface area contributed by atoms with Crippen molar-refractivity contribution in [3.05, 3.63) is 32.5 Å². The van der Waals surface area contributed by atoms with E-state index in [1.807, 2.05) is 0 Å². The first-order valence-corrected chi connectivity index (χ1v) is 6.68. The highest BCUT2D eigenvalue weighted by Crippen LogP contribution is 2.18. The smallest absolute Gasteiger partial charge is 0.195 e. The summed E-state index contributed by atoms with van der Waals surface area (Å²) in [4.78, 5) is 1.36. The molecule has 0 saturated carbocycles. The molecule has 0 amide bonds. The molecule has 0 atom stereocenters. The van der Waals surface area contributed by atoms with Gasteiger partial charge >= 0.3 is 0 Å². The second-order valence-corrected chi connectivity index (χ2v) is 5.20. The molecule has 2 rings (SSSR count). The van der Waals surface area contributed by atoms with Gasteiger partial charge in [-0.15, -0.1) is 11.3 Å². The van der Waals surface area contributed by atoms with Crippen molar-refractivity contribution >= 4 is 23.6 Å². The van der Waals surface area contributed by atoms with Crippen molar-refractivity contribution in [1.82, 2.24) is 14.8 Å². The molecule has 5 heteroatoms. The highest BCUT2D eigenvalue weighted by molar-refractivity contribution is 7.71. The fraction of sp³-hybridized carbons (Fsp3) is 0.455. The largest absolute Gasteiger partial charge is 0.299 e. The van der Waals surface area contributed by atoms with E-state index in [1.165, 1.54) is 10.4 Å². The molecular formula is C11H15N3S2. The van der Waals surface area contributed by atoms with Crippen molar-refractivity contribution < 1.29 is 0 Å². The Bertz CT molecular complexity index is 521. The minimum Gasteiger partial charge on any atom is -0.299 e. The predicted molar refractivity (Wildman–Crippen MR) is 69.6 cm³/mol. The normalized spacial score (nSPS) is 10.9. The molecule has 0 unspecified atom stereocenters. The Labute approximate surface area is 104 Å². The first kappa shape index (κ1) is 11.5. The van der Waals surface area contributed by atoms with Crippen molar-refractivity contribution in [1.29, 1.82) is 0 Å². The van der Waals surface area contributed by atoms with Crippen LogP contribution in [0.15, 0.2) is 11.4 Å². The van der Waals surface area contributed by atoms with E-state index in [0.717, 1.165) is 30.0 Å². The molecule has 3 nitrogen and oxygen atoms in total. The topological polar surface area (TPSA) is 33.6 Å². The van der Waals surface area contributed by atoms with Crippen LogP contribution >= 0.6 is 23.6 Å². The number of nitrogens with zero attached hydrogens (tertiary/aromatic N) is 2. The van der Waals surface area contributed by atoms with Crippen LogP contribution in [0.3, 0.4) is 0 Å². The SMILES string of the molecule is CCCc1n[nH]c(=S)n1Cc1sccc1C. The van der Waals surface area contributed by atoms with E-state index in [-0.39, 0.29) is 0 Å². The maximum absolute atomic E-state index is 5.25. The molecule has 2 heterocycles. The lowest BCUT2D eigenvalue weighted by Crippen LogP contribution is -2.05. The molecule has 86 valence electrons. The van der Waals surface area contributed by atoms with Gasteiger partial charge in [-0.1, -0.05) is 6.92 Å². The van der Waals surface area contributed by atoms with Gasteiger partial charge in [0.2, 0.25) is 0 Å². The molecular weight excluding hydrogens is 238 g/mol. The Morgan fingerprint density at radius 1 is 1.56 bits per heavy atom. The third-order valence-corrected chi connectivity index (χ3v) is 3.90. The summed E-state index contributed by atoms with van der Waals surface area (Å²) in [5, 5.41) is 9.26. The van der Waals surface area contributed by atoms with Crippen LogP contribution in [0.2, 0.25) is 0 Å². The van der Waals surface area contributed by atoms with Crippen LogP contribution in [0.25, 0.3) is 0 Å². The summed E-state index contributed by atoms with van der Waals surface area (Å²) in [7, 11) is 0. The minimum atomic E-state index is 0.719. The zero-order valence-electron chi connectivity index (χ0n) is 9.49. The van der Waals surface area contributed by atoms with Gasteiger partial charge in [-0.05, 0) is 42.6 Å². The van der Waals surface area contributed by atoms with Crippen LogP contribution in [0.1, 0.15) is 29.6 Å².